The fraction of sp³-hybridized carbons (Fsp3) is 0.357. The van der Waals surface area contributed by atoms with Crippen LogP contribution in [0.25, 0.3) is 11.0 Å². The summed E-state index contributed by atoms with van der Waals surface area (Å²) >= 11 is 5.98. The molecule has 0 radical (unpaired) electrons. The Morgan fingerprint density at radius 2 is 2.02 bits per heavy atom. The number of pyridine rings is 1. The normalized spacial score (nSPS) is 14.7. The van der Waals surface area contributed by atoms with Gasteiger partial charge in [0.15, 0.2) is 40.1 Å². The molecule has 1 aliphatic heterocycles. The fourth-order valence-corrected chi connectivity index (χ4v) is 5.07. The lowest BCUT2D eigenvalue weighted by molar-refractivity contribution is -0.676. The van der Waals surface area contributed by atoms with E-state index in [9.17, 15) is 9.59 Å². The molecule has 0 saturated carbocycles. The Labute approximate surface area is 247 Å². The third-order valence-electron chi connectivity index (χ3n) is 6.97. The van der Waals surface area contributed by atoms with Gasteiger partial charge in [-0.1, -0.05) is 17.7 Å². The van der Waals surface area contributed by atoms with Crippen molar-refractivity contribution in [3.8, 4) is 5.75 Å². The number of hydrogen-bond donors (Lipinski definition) is 4. The van der Waals surface area contributed by atoms with E-state index >= 15 is 0 Å². The Hall–Kier alpha value is -4.49. The predicted octanol–water partition coefficient (Wildman–Crippen LogP) is 1.76. The maximum absolute atomic E-state index is 13.0. The number of imidazole rings is 1. The van der Waals surface area contributed by atoms with Crippen molar-refractivity contribution < 1.29 is 23.6 Å². The number of carbonyl (C=O) groups is 2. The van der Waals surface area contributed by atoms with Gasteiger partial charge in [-0.3, -0.25) is 14.6 Å². The maximum Gasteiger partial charge on any atom is 0.277 e. The van der Waals surface area contributed by atoms with E-state index in [1.165, 1.54) is 0 Å². The van der Waals surface area contributed by atoms with E-state index in [-0.39, 0.29) is 47.6 Å². The quantitative estimate of drug-likeness (QED) is 0.188. The zero-order valence-corrected chi connectivity index (χ0v) is 23.9. The number of anilines is 2. The molecule has 1 fully saturated rings. The summed E-state index contributed by atoms with van der Waals surface area (Å²) in [4.78, 5) is 37.6. The minimum atomic E-state index is -0.529. The molecule has 220 valence electrons. The van der Waals surface area contributed by atoms with Crippen molar-refractivity contribution in [3.63, 3.8) is 0 Å². The Morgan fingerprint density at radius 3 is 2.76 bits per heavy atom. The summed E-state index contributed by atoms with van der Waals surface area (Å²) in [5, 5.41) is 5.61. The molecule has 4 heterocycles. The van der Waals surface area contributed by atoms with Crippen LogP contribution in [0.15, 0.2) is 42.6 Å². The van der Waals surface area contributed by atoms with Gasteiger partial charge in [-0.15, -0.1) is 0 Å². The number of halogens is 1. The number of nitrogen functional groups attached to an aromatic ring is 2. The lowest BCUT2D eigenvalue weighted by Gasteiger charge is -2.11. The van der Waals surface area contributed by atoms with Crippen LogP contribution in [0.3, 0.4) is 0 Å². The smallest absolute Gasteiger partial charge is 0.277 e. The summed E-state index contributed by atoms with van der Waals surface area (Å²) in [6.45, 7) is 4.31. The van der Waals surface area contributed by atoms with E-state index in [0.717, 1.165) is 35.4 Å². The number of fused-ring (bicyclic) bond motifs is 1. The fourth-order valence-electron chi connectivity index (χ4n) is 4.94. The molecule has 0 bridgehead atoms. The van der Waals surface area contributed by atoms with Crippen LogP contribution in [0.1, 0.15) is 41.8 Å². The van der Waals surface area contributed by atoms with Crippen LogP contribution >= 0.6 is 11.6 Å². The lowest BCUT2D eigenvalue weighted by atomic mass is 10.2. The van der Waals surface area contributed by atoms with Crippen molar-refractivity contribution in [2.24, 2.45) is 0 Å². The molecule has 0 aliphatic carbocycles. The van der Waals surface area contributed by atoms with Gasteiger partial charge < -0.3 is 31.6 Å². The highest BCUT2D eigenvalue weighted by Crippen LogP contribution is 2.24. The van der Waals surface area contributed by atoms with Gasteiger partial charge in [0, 0.05) is 18.9 Å². The number of carbonyl (C=O) groups excluding carboxylic acids is 2. The summed E-state index contributed by atoms with van der Waals surface area (Å²) in [6.07, 6.45) is 3.62. The van der Waals surface area contributed by atoms with Crippen molar-refractivity contribution in [2.45, 2.75) is 52.0 Å². The largest absolute Gasteiger partial charge is 0.484 e. The van der Waals surface area contributed by atoms with Crippen LogP contribution in [-0.2, 0) is 35.7 Å². The Balaban J connectivity index is 1.37. The van der Waals surface area contributed by atoms with E-state index in [1.54, 1.807) is 6.20 Å². The molecule has 0 spiro atoms. The van der Waals surface area contributed by atoms with Crippen LogP contribution in [-0.4, -0.2) is 50.7 Å². The van der Waals surface area contributed by atoms with Crippen LogP contribution in [0.5, 0.6) is 5.75 Å². The summed E-state index contributed by atoms with van der Waals surface area (Å²) in [5.41, 5.74) is 14.0. The minimum absolute atomic E-state index is 0.0275. The van der Waals surface area contributed by atoms with Crippen molar-refractivity contribution in [3.05, 3.63) is 65.0 Å². The number of hydrogen-bond acceptors (Lipinski definition) is 9. The number of ether oxygens (including phenoxy) is 2. The predicted molar refractivity (Wildman–Crippen MR) is 155 cm³/mol. The second-order valence-corrected chi connectivity index (χ2v) is 10.1. The number of nitrogens with two attached hydrogens (primary N) is 2. The van der Waals surface area contributed by atoms with E-state index in [2.05, 4.69) is 34.7 Å². The van der Waals surface area contributed by atoms with Gasteiger partial charge in [-0.25, -0.2) is 19.1 Å². The van der Waals surface area contributed by atoms with Crippen LogP contribution in [0.4, 0.5) is 11.6 Å². The van der Waals surface area contributed by atoms with Crippen molar-refractivity contribution in [1.82, 2.24) is 30.2 Å². The first-order valence-corrected chi connectivity index (χ1v) is 14.0. The Kier molecular flexibility index (Phi) is 8.98. The first kappa shape index (κ1) is 29.0. The van der Waals surface area contributed by atoms with E-state index in [0.29, 0.717) is 32.0 Å². The maximum atomic E-state index is 13.0. The number of nitrogens with one attached hydrogen (secondary N) is 2. The molecular weight excluding hydrogens is 562 g/mol. The topological polar surface area (TPSA) is 176 Å². The number of aryl methyl sites for hydroxylation is 1. The third kappa shape index (κ3) is 6.52. The van der Waals surface area contributed by atoms with Crippen LogP contribution in [0.2, 0.25) is 5.15 Å². The van der Waals surface area contributed by atoms with Gasteiger partial charge in [0.1, 0.15) is 18.8 Å². The van der Waals surface area contributed by atoms with Gasteiger partial charge in [0.2, 0.25) is 0 Å². The SMILES string of the molecule is CC[n+]1c(CNC(=O)c2nc(Cl)c(N)nc2N)n(CC2CCCO2)c2cc(OCC(=O)NCc3ccccn3)ccc21. The summed E-state index contributed by atoms with van der Waals surface area (Å²) in [6, 6.07) is 11.2. The monoisotopic (exact) mass is 594 g/mol. The molecule has 1 atom stereocenters. The van der Waals surface area contributed by atoms with Crippen molar-refractivity contribution in [2.75, 3.05) is 24.7 Å². The molecule has 5 rings (SSSR count). The van der Waals surface area contributed by atoms with Gasteiger partial charge in [-0.2, -0.15) is 0 Å². The molecule has 1 saturated heterocycles. The Bertz CT molecular complexity index is 1590. The zero-order chi connectivity index (χ0) is 29.6. The summed E-state index contributed by atoms with van der Waals surface area (Å²) in [5.74, 6) is 0.444. The van der Waals surface area contributed by atoms with Gasteiger partial charge in [0.05, 0.1) is 24.9 Å². The average molecular weight is 595 g/mol. The highest BCUT2D eigenvalue weighted by molar-refractivity contribution is 6.31. The molecule has 1 aromatic carbocycles. The molecule has 1 aliphatic rings. The third-order valence-corrected chi connectivity index (χ3v) is 7.25. The molecule has 14 heteroatoms. The number of rotatable bonds is 11. The second kappa shape index (κ2) is 13.0. The first-order chi connectivity index (χ1) is 20.3. The molecule has 13 nitrogen and oxygen atoms in total. The average Bonchev–Trinajstić information content (AvgIpc) is 3.62. The molecule has 6 N–H and O–H groups in total. The molecule has 1 unspecified atom stereocenters. The van der Waals surface area contributed by atoms with E-state index in [4.69, 9.17) is 32.5 Å². The van der Waals surface area contributed by atoms with Crippen molar-refractivity contribution >= 4 is 46.1 Å². The molecule has 2 amide bonds. The molecule has 4 aromatic rings. The molecular formula is C28H33ClN9O4+. The number of benzene rings is 1. The zero-order valence-electron chi connectivity index (χ0n) is 23.2. The highest BCUT2D eigenvalue weighted by atomic mass is 35.5. The van der Waals surface area contributed by atoms with Crippen molar-refractivity contribution in [1.29, 1.82) is 0 Å². The van der Waals surface area contributed by atoms with E-state index < -0.39 is 5.91 Å². The van der Waals surface area contributed by atoms with Crippen LogP contribution < -0.4 is 31.4 Å². The highest BCUT2D eigenvalue weighted by Gasteiger charge is 2.29. The summed E-state index contributed by atoms with van der Waals surface area (Å²) < 4.78 is 16.0. The number of aromatic nitrogens is 5. The lowest BCUT2D eigenvalue weighted by Crippen LogP contribution is -2.41. The Morgan fingerprint density at radius 1 is 1.17 bits per heavy atom. The van der Waals surface area contributed by atoms with Gasteiger partial charge in [0.25, 0.3) is 17.6 Å². The van der Waals surface area contributed by atoms with Gasteiger partial charge in [-0.05, 0) is 44.0 Å². The molecule has 42 heavy (non-hydrogen) atoms. The minimum Gasteiger partial charge on any atom is -0.484 e. The van der Waals surface area contributed by atoms with E-state index in [1.807, 2.05) is 43.3 Å². The second-order valence-electron chi connectivity index (χ2n) is 9.76. The standard InChI is InChI=1S/C28H32ClN9O4/c1-2-37-20-9-8-18(42-16-22(39)33-13-17-6-3-4-10-32-17)12-21(20)38(15-19-7-5-11-41-19)23(37)14-34-28(40)24-26(30)36-27(31)25(29)35-24/h3-4,6,8-10,12,19H,2,5,7,11,13-16H2,1H3,(H5-,30,31,33,34,36,39,40)/p+1. The molecule has 3 aromatic heterocycles. The first-order valence-electron chi connectivity index (χ1n) is 13.7. The van der Waals surface area contributed by atoms with Crippen LogP contribution in [0, 0.1) is 0 Å². The summed E-state index contributed by atoms with van der Waals surface area (Å²) in [7, 11) is 0. The van der Waals surface area contributed by atoms with Gasteiger partial charge >= 0.3 is 0 Å². The number of amides is 2. The number of nitrogens with zero attached hydrogens (tertiary/aromatic N) is 5.